The number of carbonyl (C=O) groups excluding carboxylic acids is 3. The maximum atomic E-state index is 13.1. The third-order valence-corrected chi connectivity index (χ3v) is 5.99. The Hall–Kier alpha value is -3.93. The lowest BCUT2D eigenvalue weighted by molar-refractivity contribution is -0.117. The standard InChI is InChI=1S/C26H23N3O3/c30-24-12-5-14-28(24)22-10-4-7-19(17-22)25(31)27-21-9-3-8-20(16-21)26(32)29-15-13-18-6-1-2-11-23(18)29/h1-4,6-11,16-17H,5,12-15H2,(H,27,31). The Morgan fingerprint density at radius 1 is 0.812 bits per heavy atom. The molecule has 32 heavy (non-hydrogen) atoms. The van der Waals surface area contributed by atoms with Gasteiger partial charge in [0.15, 0.2) is 0 Å². The Balaban J connectivity index is 1.33. The molecule has 1 fully saturated rings. The molecule has 0 unspecified atom stereocenters. The number of carbonyl (C=O) groups is 3. The summed E-state index contributed by atoms with van der Waals surface area (Å²) in [5, 5.41) is 2.88. The fourth-order valence-corrected chi connectivity index (χ4v) is 4.37. The minimum Gasteiger partial charge on any atom is -0.322 e. The molecule has 5 rings (SSSR count). The number of rotatable bonds is 4. The molecule has 3 amide bonds. The van der Waals surface area contributed by atoms with Crippen molar-refractivity contribution >= 4 is 34.8 Å². The van der Waals surface area contributed by atoms with Crippen molar-refractivity contribution in [3.8, 4) is 0 Å². The molecular weight excluding hydrogens is 402 g/mol. The maximum Gasteiger partial charge on any atom is 0.258 e. The summed E-state index contributed by atoms with van der Waals surface area (Å²) >= 11 is 0. The molecular formula is C26H23N3O3. The van der Waals surface area contributed by atoms with Crippen LogP contribution in [-0.4, -0.2) is 30.8 Å². The molecule has 3 aromatic rings. The predicted octanol–water partition coefficient (Wildman–Crippen LogP) is 4.27. The van der Waals surface area contributed by atoms with Gasteiger partial charge in [0.05, 0.1) is 0 Å². The summed E-state index contributed by atoms with van der Waals surface area (Å²) in [4.78, 5) is 41.5. The molecule has 2 aliphatic heterocycles. The molecule has 0 bridgehead atoms. The first-order chi connectivity index (χ1) is 15.6. The van der Waals surface area contributed by atoms with Crippen molar-refractivity contribution in [3.63, 3.8) is 0 Å². The second-order valence-electron chi connectivity index (χ2n) is 8.07. The van der Waals surface area contributed by atoms with Crippen LogP contribution in [0.15, 0.2) is 72.8 Å². The zero-order valence-corrected chi connectivity index (χ0v) is 17.6. The fraction of sp³-hybridized carbons (Fsp3) is 0.192. The first-order valence-electron chi connectivity index (χ1n) is 10.8. The van der Waals surface area contributed by atoms with E-state index in [1.165, 1.54) is 5.56 Å². The number of para-hydroxylation sites is 1. The largest absolute Gasteiger partial charge is 0.322 e. The monoisotopic (exact) mass is 425 g/mol. The van der Waals surface area contributed by atoms with E-state index in [0.717, 1.165) is 24.2 Å². The van der Waals surface area contributed by atoms with Crippen LogP contribution in [0.25, 0.3) is 0 Å². The molecule has 160 valence electrons. The third kappa shape index (κ3) is 3.75. The topological polar surface area (TPSA) is 69.7 Å². The Morgan fingerprint density at radius 2 is 1.62 bits per heavy atom. The highest BCUT2D eigenvalue weighted by Crippen LogP contribution is 2.29. The SMILES string of the molecule is O=C(Nc1cccc(C(=O)N2CCc3ccccc32)c1)c1cccc(N2CCCC2=O)c1. The van der Waals surface area contributed by atoms with Crippen LogP contribution in [0.1, 0.15) is 39.1 Å². The van der Waals surface area contributed by atoms with Crippen LogP contribution in [0.5, 0.6) is 0 Å². The highest BCUT2D eigenvalue weighted by Gasteiger charge is 2.25. The van der Waals surface area contributed by atoms with E-state index < -0.39 is 0 Å². The fourth-order valence-electron chi connectivity index (χ4n) is 4.37. The number of benzene rings is 3. The van der Waals surface area contributed by atoms with Crippen LogP contribution in [0, 0.1) is 0 Å². The van der Waals surface area contributed by atoms with E-state index in [1.807, 2.05) is 30.3 Å². The summed E-state index contributed by atoms with van der Waals surface area (Å²) in [7, 11) is 0. The van der Waals surface area contributed by atoms with Gasteiger partial charge in [-0.15, -0.1) is 0 Å². The predicted molar refractivity (Wildman–Crippen MR) is 124 cm³/mol. The molecule has 3 aromatic carbocycles. The highest BCUT2D eigenvalue weighted by atomic mass is 16.2. The second kappa shape index (κ2) is 8.30. The number of hydrogen-bond donors (Lipinski definition) is 1. The molecule has 0 saturated carbocycles. The number of nitrogens with one attached hydrogen (secondary N) is 1. The van der Waals surface area contributed by atoms with Gasteiger partial charge < -0.3 is 15.1 Å². The molecule has 0 atom stereocenters. The van der Waals surface area contributed by atoms with Crippen LogP contribution >= 0.6 is 0 Å². The number of anilines is 3. The Morgan fingerprint density at radius 3 is 2.47 bits per heavy atom. The van der Waals surface area contributed by atoms with Gasteiger partial charge in [0, 0.05) is 47.7 Å². The van der Waals surface area contributed by atoms with Crippen molar-refractivity contribution in [3.05, 3.63) is 89.5 Å². The van der Waals surface area contributed by atoms with Gasteiger partial charge >= 0.3 is 0 Å². The van der Waals surface area contributed by atoms with E-state index in [-0.39, 0.29) is 17.7 Å². The minimum atomic E-state index is -0.283. The normalized spacial score (nSPS) is 15.1. The molecule has 0 radical (unpaired) electrons. The zero-order valence-electron chi connectivity index (χ0n) is 17.6. The van der Waals surface area contributed by atoms with Crippen LogP contribution in [0.2, 0.25) is 0 Å². The summed E-state index contributed by atoms with van der Waals surface area (Å²) in [5.74, 6) is -0.285. The zero-order chi connectivity index (χ0) is 22.1. The van der Waals surface area contributed by atoms with Crippen molar-refractivity contribution in [1.82, 2.24) is 0 Å². The molecule has 0 spiro atoms. The summed E-state index contributed by atoms with van der Waals surface area (Å²) in [6.45, 7) is 1.32. The van der Waals surface area contributed by atoms with E-state index in [4.69, 9.17) is 0 Å². The van der Waals surface area contributed by atoms with Crippen LogP contribution in [0.4, 0.5) is 17.1 Å². The second-order valence-corrected chi connectivity index (χ2v) is 8.07. The van der Waals surface area contributed by atoms with Gasteiger partial charge in [-0.2, -0.15) is 0 Å². The van der Waals surface area contributed by atoms with Crippen molar-refractivity contribution in [2.24, 2.45) is 0 Å². The Labute approximate surface area is 186 Å². The molecule has 6 heteroatoms. The smallest absolute Gasteiger partial charge is 0.258 e. The summed E-state index contributed by atoms with van der Waals surface area (Å²) in [6, 6.07) is 22.0. The van der Waals surface area contributed by atoms with Crippen molar-refractivity contribution in [1.29, 1.82) is 0 Å². The van der Waals surface area contributed by atoms with Crippen LogP contribution < -0.4 is 15.1 Å². The average Bonchev–Trinajstić information content (AvgIpc) is 3.45. The van der Waals surface area contributed by atoms with Gasteiger partial charge in [0.2, 0.25) is 5.91 Å². The summed E-state index contributed by atoms with van der Waals surface area (Å²) in [6.07, 6.45) is 2.21. The van der Waals surface area contributed by atoms with Gasteiger partial charge in [0.25, 0.3) is 11.8 Å². The van der Waals surface area contributed by atoms with Gasteiger partial charge in [-0.1, -0.05) is 30.3 Å². The van der Waals surface area contributed by atoms with E-state index in [9.17, 15) is 14.4 Å². The number of amides is 3. The lowest BCUT2D eigenvalue weighted by Gasteiger charge is -2.18. The van der Waals surface area contributed by atoms with Crippen LogP contribution in [0.3, 0.4) is 0 Å². The lowest BCUT2D eigenvalue weighted by atomic mass is 10.1. The quantitative estimate of drug-likeness (QED) is 0.679. The van der Waals surface area contributed by atoms with Crippen molar-refractivity contribution in [2.75, 3.05) is 28.2 Å². The van der Waals surface area contributed by atoms with Gasteiger partial charge in [-0.05, 0) is 60.9 Å². The molecule has 0 aliphatic carbocycles. The average molecular weight is 425 g/mol. The summed E-state index contributed by atoms with van der Waals surface area (Å²) < 4.78 is 0. The molecule has 1 saturated heterocycles. The van der Waals surface area contributed by atoms with Crippen LogP contribution in [-0.2, 0) is 11.2 Å². The van der Waals surface area contributed by atoms with Gasteiger partial charge in [-0.25, -0.2) is 0 Å². The van der Waals surface area contributed by atoms with E-state index in [1.54, 1.807) is 52.3 Å². The van der Waals surface area contributed by atoms with E-state index in [2.05, 4.69) is 5.32 Å². The van der Waals surface area contributed by atoms with Crippen molar-refractivity contribution in [2.45, 2.75) is 19.3 Å². The first-order valence-corrected chi connectivity index (χ1v) is 10.8. The Kier molecular flexibility index (Phi) is 5.19. The third-order valence-electron chi connectivity index (χ3n) is 5.99. The molecule has 0 aromatic heterocycles. The maximum absolute atomic E-state index is 13.1. The number of fused-ring (bicyclic) bond motifs is 1. The number of nitrogens with zero attached hydrogens (tertiary/aromatic N) is 2. The minimum absolute atomic E-state index is 0.0808. The van der Waals surface area contributed by atoms with Crippen molar-refractivity contribution < 1.29 is 14.4 Å². The highest BCUT2D eigenvalue weighted by molar-refractivity contribution is 6.09. The molecule has 2 aliphatic rings. The van der Waals surface area contributed by atoms with E-state index in [0.29, 0.717) is 36.3 Å². The lowest BCUT2D eigenvalue weighted by Crippen LogP contribution is -2.29. The molecule has 6 nitrogen and oxygen atoms in total. The van der Waals surface area contributed by atoms with E-state index >= 15 is 0 Å². The first kappa shape index (κ1) is 20.0. The molecule has 1 N–H and O–H groups in total. The molecule has 2 heterocycles. The van der Waals surface area contributed by atoms with Gasteiger partial charge in [0.1, 0.15) is 0 Å². The number of hydrogen-bond acceptors (Lipinski definition) is 3. The summed E-state index contributed by atoms with van der Waals surface area (Å²) in [5.41, 5.74) is 4.39. The van der Waals surface area contributed by atoms with Gasteiger partial charge in [-0.3, -0.25) is 14.4 Å². The Bertz CT molecular complexity index is 1220.